The molecule has 1 aromatic heterocycles. The Morgan fingerprint density at radius 1 is 1.21 bits per heavy atom. The van der Waals surface area contributed by atoms with Crippen molar-refractivity contribution in [2.75, 3.05) is 13.1 Å². The summed E-state index contributed by atoms with van der Waals surface area (Å²) in [6.45, 7) is 2.23. The molecule has 0 amide bonds. The molecule has 1 aliphatic heterocycles. The van der Waals surface area contributed by atoms with Gasteiger partial charge in [0.25, 0.3) is 0 Å². The first kappa shape index (κ1) is 8.24. The Hall–Kier alpha value is -1.09. The molecule has 1 saturated carbocycles. The third-order valence-corrected chi connectivity index (χ3v) is 3.27. The Labute approximate surface area is 83.5 Å². The first-order valence-electron chi connectivity index (χ1n) is 5.21. The maximum Gasteiger partial charge on any atom is 0.122 e. The molecule has 1 N–H and O–H groups in total. The molecule has 3 atom stereocenters. The molecule has 1 aromatic rings. The fraction of sp³-hybridized carbons (Fsp3) is 0.545. The van der Waals surface area contributed by atoms with Crippen LogP contribution >= 0.6 is 0 Å². The smallest absolute Gasteiger partial charge is 0.122 e. The Bertz CT molecular complexity index is 300. The first-order valence-corrected chi connectivity index (χ1v) is 5.21. The van der Waals surface area contributed by atoms with E-state index in [1.165, 1.54) is 6.42 Å². The molecule has 1 saturated heterocycles. The van der Waals surface area contributed by atoms with Gasteiger partial charge in [-0.15, -0.1) is 0 Å². The van der Waals surface area contributed by atoms with Crippen LogP contribution in [0.4, 0.5) is 0 Å². The highest BCUT2D eigenvalue weighted by Crippen LogP contribution is 2.39. The van der Waals surface area contributed by atoms with E-state index < -0.39 is 0 Å². The third kappa shape index (κ3) is 1.28. The van der Waals surface area contributed by atoms with Crippen LogP contribution in [0.1, 0.15) is 6.42 Å². The van der Waals surface area contributed by atoms with Crippen LogP contribution < -0.4 is 10.1 Å². The largest absolute Gasteiger partial charge is 0.490 e. The molecule has 3 nitrogen and oxygen atoms in total. The van der Waals surface area contributed by atoms with E-state index in [-0.39, 0.29) is 0 Å². The molecule has 2 heterocycles. The van der Waals surface area contributed by atoms with E-state index in [9.17, 15) is 0 Å². The molecule has 3 heteroatoms. The van der Waals surface area contributed by atoms with Crippen LogP contribution in [0, 0.1) is 11.8 Å². The van der Waals surface area contributed by atoms with Gasteiger partial charge in [-0.3, -0.25) is 4.98 Å². The van der Waals surface area contributed by atoms with E-state index in [2.05, 4.69) is 10.3 Å². The summed E-state index contributed by atoms with van der Waals surface area (Å²) in [5, 5.41) is 3.41. The minimum Gasteiger partial charge on any atom is -0.490 e. The number of aromatic nitrogens is 1. The van der Waals surface area contributed by atoms with Gasteiger partial charge in [-0.05, 0) is 18.6 Å². The number of fused-ring (bicyclic) bond motifs is 2. The molecule has 3 rings (SSSR count). The number of rotatable bonds is 2. The maximum absolute atomic E-state index is 5.94. The molecule has 2 fully saturated rings. The maximum atomic E-state index is 5.94. The summed E-state index contributed by atoms with van der Waals surface area (Å²) >= 11 is 0. The second-order valence-corrected chi connectivity index (χ2v) is 4.18. The van der Waals surface area contributed by atoms with Crippen LogP contribution in [0.15, 0.2) is 24.5 Å². The predicted octanol–water partition coefficient (Wildman–Crippen LogP) is 1.07. The summed E-state index contributed by atoms with van der Waals surface area (Å²) in [6, 6.07) is 3.86. The fourth-order valence-electron chi connectivity index (χ4n) is 2.47. The van der Waals surface area contributed by atoms with Crippen LogP contribution in [0.25, 0.3) is 0 Å². The lowest BCUT2D eigenvalue weighted by molar-refractivity contribution is -0.0446. The number of hydrogen-bond donors (Lipinski definition) is 1. The average molecular weight is 190 g/mol. The van der Waals surface area contributed by atoms with Gasteiger partial charge in [0, 0.05) is 37.3 Å². The van der Waals surface area contributed by atoms with Gasteiger partial charge >= 0.3 is 0 Å². The molecule has 0 radical (unpaired) electrons. The zero-order valence-electron chi connectivity index (χ0n) is 8.02. The molecule has 2 bridgehead atoms. The lowest BCUT2D eigenvalue weighted by atomic mass is 9.69. The van der Waals surface area contributed by atoms with E-state index in [1.807, 2.05) is 12.1 Å². The first-order chi connectivity index (χ1) is 6.93. The van der Waals surface area contributed by atoms with Crippen LogP contribution in [0.2, 0.25) is 0 Å². The van der Waals surface area contributed by atoms with Gasteiger partial charge < -0.3 is 10.1 Å². The Kier molecular flexibility index (Phi) is 1.91. The predicted molar refractivity (Wildman–Crippen MR) is 53.1 cm³/mol. The van der Waals surface area contributed by atoms with E-state index in [0.717, 1.165) is 30.7 Å². The van der Waals surface area contributed by atoms with Crippen LogP contribution in [0.5, 0.6) is 5.75 Å². The Morgan fingerprint density at radius 3 is 2.57 bits per heavy atom. The zero-order chi connectivity index (χ0) is 9.38. The summed E-state index contributed by atoms with van der Waals surface area (Å²) in [4.78, 5) is 3.98. The molecule has 1 unspecified atom stereocenters. The monoisotopic (exact) mass is 190 g/mol. The van der Waals surface area contributed by atoms with Crippen molar-refractivity contribution in [2.24, 2.45) is 11.8 Å². The van der Waals surface area contributed by atoms with Gasteiger partial charge in [-0.2, -0.15) is 0 Å². The fourth-order valence-corrected chi connectivity index (χ4v) is 2.47. The summed E-state index contributed by atoms with van der Waals surface area (Å²) in [5.41, 5.74) is 0. The summed E-state index contributed by atoms with van der Waals surface area (Å²) in [6.07, 6.45) is 5.34. The van der Waals surface area contributed by atoms with Crippen molar-refractivity contribution in [3.63, 3.8) is 0 Å². The number of nitrogens with one attached hydrogen (secondary N) is 1. The molecule has 1 aliphatic carbocycles. The van der Waals surface area contributed by atoms with Crippen molar-refractivity contribution in [2.45, 2.75) is 12.5 Å². The second-order valence-electron chi connectivity index (χ2n) is 4.18. The van der Waals surface area contributed by atoms with E-state index in [1.54, 1.807) is 12.4 Å². The van der Waals surface area contributed by atoms with Crippen molar-refractivity contribution in [3.8, 4) is 5.75 Å². The van der Waals surface area contributed by atoms with Crippen molar-refractivity contribution < 1.29 is 4.74 Å². The highest BCUT2D eigenvalue weighted by Gasteiger charge is 2.45. The molecular formula is C11H14N2O. The molecule has 2 aliphatic rings. The van der Waals surface area contributed by atoms with E-state index in [0.29, 0.717) is 6.10 Å². The number of hydrogen-bond acceptors (Lipinski definition) is 3. The van der Waals surface area contributed by atoms with Crippen LogP contribution in [0.3, 0.4) is 0 Å². The Morgan fingerprint density at radius 2 is 1.93 bits per heavy atom. The summed E-state index contributed by atoms with van der Waals surface area (Å²) in [5.74, 6) is 2.41. The highest BCUT2D eigenvalue weighted by atomic mass is 16.5. The SMILES string of the molecule is c1cc(OC2[C@@H]3CNC[C@H]2C3)ccn1. The van der Waals surface area contributed by atoms with Gasteiger partial charge in [0.1, 0.15) is 11.9 Å². The van der Waals surface area contributed by atoms with Gasteiger partial charge in [0.15, 0.2) is 0 Å². The molecule has 0 aromatic carbocycles. The minimum atomic E-state index is 0.443. The number of piperidine rings is 2. The van der Waals surface area contributed by atoms with Crippen molar-refractivity contribution in [1.29, 1.82) is 0 Å². The summed E-state index contributed by atoms with van der Waals surface area (Å²) in [7, 11) is 0. The summed E-state index contributed by atoms with van der Waals surface area (Å²) < 4.78 is 5.94. The van der Waals surface area contributed by atoms with E-state index in [4.69, 9.17) is 4.74 Å². The van der Waals surface area contributed by atoms with E-state index >= 15 is 0 Å². The normalized spacial score (nSPS) is 34.7. The molecule has 74 valence electrons. The zero-order valence-corrected chi connectivity index (χ0v) is 8.02. The second kappa shape index (κ2) is 3.24. The number of nitrogens with zero attached hydrogens (tertiary/aromatic N) is 1. The number of ether oxygens (including phenoxy) is 1. The molecule has 0 spiro atoms. The minimum absolute atomic E-state index is 0.443. The highest BCUT2D eigenvalue weighted by molar-refractivity contribution is 5.18. The van der Waals surface area contributed by atoms with Gasteiger partial charge in [-0.1, -0.05) is 0 Å². The lowest BCUT2D eigenvalue weighted by Crippen LogP contribution is -2.59. The van der Waals surface area contributed by atoms with Crippen LogP contribution in [-0.2, 0) is 0 Å². The van der Waals surface area contributed by atoms with Crippen molar-refractivity contribution >= 4 is 0 Å². The average Bonchev–Trinajstić information content (AvgIpc) is 2.28. The number of pyridine rings is 1. The van der Waals surface area contributed by atoms with Crippen molar-refractivity contribution in [1.82, 2.24) is 10.3 Å². The van der Waals surface area contributed by atoms with Gasteiger partial charge in [-0.25, -0.2) is 0 Å². The topological polar surface area (TPSA) is 34.1 Å². The van der Waals surface area contributed by atoms with Gasteiger partial charge in [0.05, 0.1) is 0 Å². The third-order valence-electron chi connectivity index (χ3n) is 3.27. The van der Waals surface area contributed by atoms with Crippen LogP contribution in [-0.4, -0.2) is 24.2 Å². The lowest BCUT2D eigenvalue weighted by Gasteiger charge is -2.48. The molecular weight excluding hydrogens is 176 g/mol. The molecule has 14 heavy (non-hydrogen) atoms. The quantitative estimate of drug-likeness (QED) is 0.757. The van der Waals surface area contributed by atoms with Gasteiger partial charge in [0.2, 0.25) is 0 Å². The Balaban J connectivity index is 1.68. The van der Waals surface area contributed by atoms with Crippen molar-refractivity contribution in [3.05, 3.63) is 24.5 Å². The standard InChI is InChI=1S/C11H14N2O/c1-3-12-4-2-10(1)14-11-8-5-9(11)7-13-6-8/h1-4,8-9,11,13H,5-7H2/t8-,9+,11?.